The molecule has 0 aromatic heterocycles. The van der Waals surface area contributed by atoms with E-state index in [4.69, 9.17) is 11.6 Å². The van der Waals surface area contributed by atoms with Gasteiger partial charge in [-0.1, -0.05) is 23.7 Å². The molecular weight excluding hydrogens is 306 g/mol. The van der Waals surface area contributed by atoms with Gasteiger partial charge >= 0.3 is 12.1 Å². The number of benzene rings is 1. The van der Waals surface area contributed by atoms with Gasteiger partial charge < -0.3 is 19.9 Å². The lowest BCUT2D eigenvalue weighted by atomic mass is 10.2. The lowest BCUT2D eigenvalue weighted by Crippen LogP contribution is -2.52. The number of urea groups is 1. The monoisotopic (exact) mass is 323 g/mol. The fourth-order valence-corrected chi connectivity index (χ4v) is 2.22. The molecule has 0 saturated carbocycles. The number of nitrogens with zero attached hydrogens (tertiary/aromatic N) is 2. The molecule has 3 amide bonds. The van der Waals surface area contributed by atoms with Crippen LogP contribution < -0.4 is 5.32 Å². The number of methoxy groups -OCH3 is 1. The molecule has 7 heteroatoms. The summed E-state index contributed by atoms with van der Waals surface area (Å²) in [6.07, 6.45) is 3.03. The Bertz CT molecular complexity index is 552. The molecule has 1 saturated heterocycles. The number of carbonyl (C=O) groups is 2. The summed E-state index contributed by atoms with van der Waals surface area (Å²) in [6.45, 7) is 1.91. The van der Waals surface area contributed by atoms with Crippen LogP contribution in [0.4, 0.5) is 9.59 Å². The van der Waals surface area contributed by atoms with Crippen LogP contribution in [0, 0.1) is 0 Å². The summed E-state index contributed by atoms with van der Waals surface area (Å²) < 4.78 is 4.66. The predicted molar refractivity (Wildman–Crippen MR) is 84.6 cm³/mol. The molecule has 6 nitrogen and oxygen atoms in total. The second-order valence-corrected chi connectivity index (χ2v) is 5.21. The molecule has 0 aliphatic carbocycles. The third-order valence-corrected chi connectivity index (χ3v) is 3.60. The Labute approximate surface area is 134 Å². The maximum absolute atomic E-state index is 12.0. The number of halogens is 1. The summed E-state index contributed by atoms with van der Waals surface area (Å²) >= 11 is 5.80. The summed E-state index contributed by atoms with van der Waals surface area (Å²) in [6, 6.07) is 7.11. The van der Waals surface area contributed by atoms with Crippen molar-refractivity contribution in [3.63, 3.8) is 0 Å². The van der Waals surface area contributed by atoms with Gasteiger partial charge in [-0.25, -0.2) is 9.59 Å². The summed E-state index contributed by atoms with van der Waals surface area (Å²) in [5.74, 6) is 0. The zero-order chi connectivity index (χ0) is 15.9. The fourth-order valence-electron chi connectivity index (χ4n) is 2.10. The molecule has 22 heavy (non-hydrogen) atoms. The van der Waals surface area contributed by atoms with Crippen LogP contribution in [0.5, 0.6) is 0 Å². The van der Waals surface area contributed by atoms with Crippen LogP contribution >= 0.6 is 11.6 Å². The first-order valence-corrected chi connectivity index (χ1v) is 7.28. The van der Waals surface area contributed by atoms with E-state index < -0.39 is 0 Å². The second-order valence-electron chi connectivity index (χ2n) is 4.78. The maximum atomic E-state index is 12.0. The van der Waals surface area contributed by atoms with Crippen molar-refractivity contribution in [3.8, 4) is 0 Å². The third-order valence-electron chi connectivity index (χ3n) is 3.35. The SMILES string of the molecule is COC(=O)N1CCN(C(=O)N/C=C/c2ccc(Cl)cc2)CC1. The van der Waals surface area contributed by atoms with E-state index in [1.807, 2.05) is 12.1 Å². The highest BCUT2D eigenvalue weighted by Gasteiger charge is 2.23. The fraction of sp³-hybridized carbons (Fsp3) is 0.333. The number of hydrogen-bond donors (Lipinski definition) is 1. The molecule has 0 spiro atoms. The van der Waals surface area contributed by atoms with E-state index in [1.165, 1.54) is 7.11 Å². The van der Waals surface area contributed by atoms with Crippen LogP contribution in [0.2, 0.25) is 5.02 Å². The van der Waals surface area contributed by atoms with Crippen LogP contribution in [0.3, 0.4) is 0 Å². The number of hydrogen-bond acceptors (Lipinski definition) is 3. The molecule has 0 atom stereocenters. The Morgan fingerprint density at radius 3 is 2.32 bits per heavy atom. The molecule has 118 valence electrons. The molecule has 0 bridgehead atoms. The molecule has 1 fully saturated rings. The van der Waals surface area contributed by atoms with Crippen molar-refractivity contribution in [2.45, 2.75) is 0 Å². The van der Waals surface area contributed by atoms with E-state index >= 15 is 0 Å². The molecule has 1 aliphatic rings. The average molecular weight is 324 g/mol. The van der Waals surface area contributed by atoms with Crippen LogP contribution in [0.25, 0.3) is 6.08 Å². The third kappa shape index (κ3) is 4.39. The lowest BCUT2D eigenvalue weighted by molar-refractivity contribution is 0.0977. The highest BCUT2D eigenvalue weighted by Crippen LogP contribution is 2.10. The van der Waals surface area contributed by atoms with Crippen LogP contribution in [0.15, 0.2) is 30.5 Å². The molecular formula is C15H18ClN3O3. The first kappa shape index (κ1) is 16.2. The molecule has 1 aliphatic heterocycles. The van der Waals surface area contributed by atoms with E-state index in [2.05, 4.69) is 10.1 Å². The van der Waals surface area contributed by atoms with Crippen molar-refractivity contribution in [2.75, 3.05) is 33.3 Å². The minimum Gasteiger partial charge on any atom is -0.453 e. The molecule has 0 radical (unpaired) electrons. The molecule has 1 aromatic carbocycles. The predicted octanol–water partition coefficient (Wildman–Crippen LogP) is 2.40. The number of amides is 3. The topological polar surface area (TPSA) is 61.9 Å². The van der Waals surface area contributed by atoms with Crippen LogP contribution in [-0.2, 0) is 4.74 Å². The number of ether oxygens (including phenoxy) is 1. The Morgan fingerprint density at radius 2 is 1.73 bits per heavy atom. The number of rotatable bonds is 2. The van der Waals surface area contributed by atoms with Gasteiger partial charge in [0.05, 0.1) is 7.11 Å². The van der Waals surface area contributed by atoms with Crippen LogP contribution in [0.1, 0.15) is 5.56 Å². The van der Waals surface area contributed by atoms with Crippen LogP contribution in [-0.4, -0.2) is 55.2 Å². The van der Waals surface area contributed by atoms with Crippen molar-refractivity contribution in [3.05, 3.63) is 41.1 Å². The molecule has 1 aromatic rings. The van der Waals surface area contributed by atoms with E-state index in [-0.39, 0.29) is 12.1 Å². The molecule has 2 rings (SSSR count). The largest absolute Gasteiger partial charge is 0.453 e. The number of carbonyl (C=O) groups excluding carboxylic acids is 2. The molecule has 1 N–H and O–H groups in total. The van der Waals surface area contributed by atoms with Crippen molar-refractivity contribution in [1.29, 1.82) is 0 Å². The second kappa shape index (κ2) is 7.70. The Hall–Kier alpha value is -2.21. The van der Waals surface area contributed by atoms with E-state index in [1.54, 1.807) is 34.2 Å². The first-order chi connectivity index (χ1) is 10.6. The Kier molecular flexibility index (Phi) is 5.66. The highest BCUT2D eigenvalue weighted by molar-refractivity contribution is 6.30. The van der Waals surface area contributed by atoms with Gasteiger partial charge in [0.25, 0.3) is 0 Å². The van der Waals surface area contributed by atoms with Gasteiger partial charge in [0.1, 0.15) is 0 Å². The summed E-state index contributed by atoms with van der Waals surface area (Å²) in [5, 5.41) is 3.38. The van der Waals surface area contributed by atoms with Gasteiger partial charge in [-0.2, -0.15) is 0 Å². The van der Waals surface area contributed by atoms with Gasteiger partial charge in [0.15, 0.2) is 0 Å². The normalized spacial score (nSPS) is 15.0. The quantitative estimate of drug-likeness (QED) is 0.909. The van der Waals surface area contributed by atoms with Crippen molar-refractivity contribution in [2.24, 2.45) is 0 Å². The first-order valence-electron chi connectivity index (χ1n) is 6.90. The van der Waals surface area contributed by atoms with Crippen molar-refractivity contribution < 1.29 is 14.3 Å². The smallest absolute Gasteiger partial charge is 0.409 e. The van der Waals surface area contributed by atoms with Gasteiger partial charge in [-0.15, -0.1) is 0 Å². The van der Waals surface area contributed by atoms with E-state index in [0.29, 0.717) is 31.2 Å². The molecule has 0 unspecified atom stereocenters. The average Bonchev–Trinajstić information content (AvgIpc) is 2.56. The number of piperazine rings is 1. The van der Waals surface area contributed by atoms with Gasteiger partial charge in [0, 0.05) is 37.4 Å². The van der Waals surface area contributed by atoms with Gasteiger partial charge in [-0.3, -0.25) is 0 Å². The zero-order valence-electron chi connectivity index (χ0n) is 12.3. The maximum Gasteiger partial charge on any atom is 0.409 e. The number of nitrogens with one attached hydrogen (secondary N) is 1. The minimum atomic E-state index is -0.359. The minimum absolute atomic E-state index is 0.185. The van der Waals surface area contributed by atoms with Gasteiger partial charge in [-0.05, 0) is 23.8 Å². The summed E-state index contributed by atoms with van der Waals surface area (Å²) in [7, 11) is 1.35. The summed E-state index contributed by atoms with van der Waals surface area (Å²) in [4.78, 5) is 26.6. The molecule has 1 heterocycles. The summed E-state index contributed by atoms with van der Waals surface area (Å²) in [5.41, 5.74) is 0.945. The Morgan fingerprint density at radius 1 is 1.14 bits per heavy atom. The van der Waals surface area contributed by atoms with Gasteiger partial charge in [0.2, 0.25) is 0 Å². The lowest BCUT2D eigenvalue weighted by Gasteiger charge is -2.33. The standard InChI is InChI=1S/C15H18ClN3O3/c1-22-15(21)19-10-8-18(9-11-19)14(20)17-7-6-12-2-4-13(16)5-3-12/h2-7H,8-11H2,1H3,(H,17,20)/b7-6+. The van der Waals surface area contributed by atoms with Crippen molar-refractivity contribution >= 4 is 29.8 Å². The zero-order valence-corrected chi connectivity index (χ0v) is 13.0. The Balaban J connectivity index is 1.78. The van der Waals surface area contributed by atoms with E-state index in [9.17, 15) is 9.59 Å². The van der Waals surface area contributed by atoms with E-state index in [0.717, 1.165) is 5.56 Å². The highest BCUT2D eigenvalue weighted by atomic mass is 35.5. The van der Waals surface area contributed by atoms with Crippen molar-refractivity contribution in [1.82, 2.24) is 15.1 Å².